The molecule has 0 aliphatic carbocycles. The van der Waals surface area contributed by atoms with Crippen molar-refractivity contribution in [3.8, 4) is 22.8 Å². The molecule has 172 valence electrons. The van der Waals surface area contributed by atoms with Gasteiger partial charge in [-0.1, -0.05) is 53.7 Å². The molecule has 3 heteroatoms. The van der Waals surface area contributed by atoms with Gasteiger partial charge in [-0.25, -0.2) is 0 Å². The minimum absolute atomic E-state index is 0.166. The Morgan fingerprint density at radius 3 is 2.30 bits per heavy atom. The molecular formula is C30H36NOS+. The number of aromatic nitrogens is 1. The number of nitrogens with zero attached hydrogens (tertiary/aromatic N) is 1. The van der Waals surface area contributed by atoms with Gasteiger partial charge in [0.05, 0.1) is 5.56 Å². The van der Waals surface area contributed by atoms with Crippen LogP contribution in [0.3, 0.4) is 0 Å². The SMILES string of the molecule is Cc1cc2cc(CC(C)(C)C)cc3c2c(c1C)-c1c(c(CC(C)(C)C)c2sccc2[n+]1C)O3. The van der Waals surface area contributed by atoms with Gasteiger partial charge < -0.3 is 4.74 Å². The van der Waals surface area contributed by atoms with Crippen LogP contribution in [0.2, 0.25) is 0 Å². The van der Waals surface area contributed by atoms with Gasteiger partial charge in [0.2, 0.25) is 11.3 Å². The van der Waals surface area contributed by atoms with Crippen molar-refractivity contribution < 1.29 is 9.30 Å². The molecule has 4 aromatic rings. The molecule has 0 unspecified atom stereocenters. The second-order valence-electron chi connectivity index (χ2n) is 12.3. The quantitative estimate of drug-likeness (QED) is 0.242. The van der Waals surface area contributed by atoms with Gasteiger partial charge in [-0.3, -0.25) is 0 Å². The summed E-state index contributed by atoms with van der Waals surface area (Å²) in [7, 11) is 2.20. The van der Waals surface area contributed by atoms with Crippen LogP contribution in [0.25, 0.3) is 32.2 Å². The zero-order valence-electron chi connectivity index (χ0n) is 21.6. The molecule has 3 heterocycles. The van der Waals surface area contributed by atoms with E-state index in [4.69, 9.17) is 4.74 Å². The largest absolute Gasteiger partial charge is 0.449 e. The van der Waals surface area contributed by atoms with E-state index in [1.165, 1.54) is 54.5 Å². The third-order valence-electron chi connectivity index (χ3n) is 6.78. The summed E-state index contributed by atoms with van der Waals surface area (Å²) in [5.74, 6) is 2.07. The van der Waals surface area contributed by atoms with E-state index in [-0.39, 0.29) is 10.8 Å². The number of thiophene rings is 1. The zero-order chi connectivity index (χ0) is 23.9. The molecule has 0 bridgehead atoms. The van der Waals surface area contributed by atoms with Gasteiger partial charge >= 0.3 is 0 Å². The molecule has 0 fully saturated rings. The van der Waals surface area contributed by atoms with Crippen LogP contribution in [0, 0.1) is 24.7 Å². The molecule has 1 aliphatic heterocycles. The highest BCUT2D eigenvalue weighted by atomic mass is 32.1. The van der Waals surface area contributed by atoms with Crippen LogP contribution in [-0.2, 0) is 19.9 Å². The van der Waals surface area contributed by atoms with Gasteiger partial charge in [0.1, 0.15) is 17.5 Å². The van der Waals surface area contributed by atoms with E-state index < -0.39 is 0 Å². The van der Waals surface area contributed by atoms with E-state index in [2.05, 4.69) is 96.7 Å². The Morgan fingerprint density at radius 2 is 1.64 bits per heavy atom. The van der Waals surface area contributed by atoms with Gasteiger partial charge in [0.15, 0.2) is 0 Å². The Hall–Kier alpha value is -2.39. The number of fused-ring (bicyclic) bond motifs is 3. The smallest absolute Gasteiger partial charge is 0.257 e. The fourth-order valence-electron chi connectivity index (χ4n) is 5.40. The normalized spacial score (nSPS) is 13.5. The Kier molecular flexibility index (Phi) is 4.96. The van der Waals surface area contributed by atoms with E-state index in [0.717, 1.165) is 24.3 Å². The van der Waals surface area contributed by atoms with E-state index in [1.807, 2.05) is 11.3 Å². The minimum Gasteiger partial charge on any atom is -0.449 e. The summed E-state index contributed by atoms with van der Waals surface area (Å²) >= 11 is 1.83. The highest BCUT2D eigenvalue weighted by molar-refractivity contribution is 7.17. The van der Waals surface area contributed by atoms with Crippen LogP contribution in [0.4, 0.5) is 0 Å². The first-order valence-corrected chi connectivity index (χ1v) is 12.9. The first-order chi connectivity index (χ1) is 15.3. The van der Waals surface area contributed by atoms with Crippen LogP contribution in [0.5, 0.6) is 11.5 Å². The number of hydrogen-bond donors (Lipinski definition) is 0. The molecule has 1 aliphatic rings. The molecule has 0 saturated carbocycles. The third-order valence-corrected chi connectivity index (χ3v) is 7.74. The molecule has 2 aromatic carbocycles. The number of hydrogen-bond acceptors (Lipinski definition) is 2. The topological polar surface area (TPSA) is 13.1 Å². The zero-order valence-corrected chi connectivity index (χ0v) is 22.4. The van der Waals surface area contributed by atoms with E-state index in [0.29, 0.717) is 0 Å². The second kappa shape index (κ2) is 7.30. The summed E-state index contributed by atoms with van der Waals surface area (Å²) < 4.78 is 10.6. The van der Waals surface area contributed by atoms with E-state index in [1.54, 1.807) is 0 Å². The van der Waals surface area contributed by atoms with Gasteiger partial charge in [-0.05, 0) is 71.0 Å². The second-order valence-corrected chi connectivity index (χ2v) is 13.2. The van der Waals surface area contributed by atoms with Crippen molar-refractivity contribution in [3.63, 3.8) is 0 Å². The first kappa shape index (κ1) is 22.4. The summed E-state index contributed by atoms with van der Waals surface area (Å²) in [6.07, 6.45) is 2.01. The van der Waals surface area contributed by atoms with Crippen molar-refractivity contribution in [3.05, 3.63) is 51.9 Å². The number of rotatable bonds is 2. The Balaban J connectivity index is 1.90. The van der Waals surface area contributed by atoms with Crippen molar-refractivity contribution in [2.45, 2.75) is 68.2 Å². The summed E-state index contributed by atoms with van der Waals surface area (Å²) in [5.41, 5.74) is 9.64. The molecular weight excluding hydrogens is 422 g/mol. The lowest BCUT2D eigenvalue weighted by atomic mass is 9.83. The number of aryl methyl sites for hydroxylation is 2. The van der Waals surface area contributed by atoms with Crippen molar-refractivity contribution in [1.82, 2.24) is 0 Å². The molecule has 0 radical (unpaired) electrons. The maximum Gasteiger partial charge on any atom is 0.257 e. The van der Waals surface area contributed by atoms with Crippen molar-refractivity contribution in [1.29, 1.82) is 0 Å². The number of ether oxygens (including phenoxy) is 1. The lowest BCUT2D eigenvalue weighted by Crippen LogP contribution is -2.34. The number of pyridine rings is 1. The van der Waals surface area contributed by atoms with Crippen molar-refractivity contribution in [2.75, 3.05) is 0 Å². The first-order valence-electron chi connectivity index (χ1n) is 12.0. The third kappa shape index (κ3) is 3.75. The maximum absolute atomic E-state index is 6.92. The monoisotopic (exact) mass is 458 g/mol. The van der Waals surface area contributed by atoms with Crippen LogP contribution in [-0.4, -0.2) is 0 Å². The molecule has 0 spiro atoms. The highest BCUT2D eigenvalue weighted by Gasteiger charge is 2.36. The summed E-state index contributed by atoms with van der Waals surface area (Å²) in [6, 6.07) is 9.29. The Labute approximate surface area is 202 Å². The van der Waals surface area contributed by atoms with Crippen LogP contribution < -0.4 is 9.30 Å². The summed E-state index contributed by atoms with van der Waals surface area (Å²) in [4.78, 5) is 0. The molecule has 0 atom stereocenters. The summed E-state index contributed by atoms with van der Waals surface area (Å²) in [6.45, 7) is 18.4. The fraction of sp³-hybridized carbons (Fsp3) is 0.433. The standard InChI is InChI=1S/C30H36NOS/c1-17-12-20-13-19(15-29(3,4)5)14-23-25(20)24(18(17)2)26-27(32-23)21(16-30(6,7)8)28-22(31(26)9)10-11-33-28/h10-14H,15-16H2,1-9H3/q+1. The number of benzene rings is 2. The average molecular weight is 459 g/mol. The van der Waals surface area contributed by atoms with Crippen LogP contribution in [0.1, 0.15) is 63.8 Å². The van der Waals surface area contributed by atoms with Crippen LogP contribution >= 0.6 is 11.3 Å². The van der Waals surface area contributed by atoms with Gasteiger partial charge in [0.25, 0.3) is 5.69 Å². The molecule has 2 aromatic heterocycles. The predicted octanol–water partition coefficient (Wildman–Crippen LogP) is 8.45. The molecule has 0 amide bonds. The Bertz CT molecular complexity index is 1430. The van der Waals surface area contributed by atoms with Gasteiger partial charge in [-0.2, -0.15) is 4.57 Å². The van der Waals surface area contributed by atoms with Crippen molar-refractivity contribution >= 4 is 32.3 Å². The highest BCUT2D eigenvalue weighted by Crippen LogP contribution is 2.51. The minimum atomic E-state index is 0.166. The Morgan fingerprint density at radius 1 is 0.939 bits per heavy atom. The van der Waals surface area contributed by atoms with E-state index >= 15 is 0 Å². The molecule has 0 saturated heterocycles. The fourth-order valence-corrected chi connectivity index (χ4v) is 6.36. The maximum atomic E-state index is 6.92. The van der Waals surface area contributed by atoms with Gasteiger partial charge in [0, 0.05) is 17.0 Å². The lowest BCUT2D eigenvalue weighted by Gasteiger charge is -2.27. The van der Waals surface area contributed by atoms with E-state index in [9.17, 15) is 0 Å². The average Bonchev–Trinajstić information content (AvgIpc) is 3.16. The lowest BCUT2D eigenvalue weighted by molar-refractivity contribution is -0.633. The molecule has 33 heavy (non-hydrogen) atoms. The molecule has 5 rings (SSSR count). The van der Waals surface area contributed by atoms with Crippen molar-refractivity contribution in [2.24, 2.45) is 17.9 Å². The molecule has 0 N–H and O–H groups in total. The van der Waals surface area contributed by atoms with Gasteiger partial charge in [-0.15, -0.1) is 11.3 Å². The molecule has 2 nitrogen and oxygen atoms in total. The summed E-state index contributed by atoms with van der Waals surface area (Å²) in [5, 5.41) is 4.77. The predicted molar refractivity (Wildman–Crippen MR) is 142 cm³/mol. The van der Waals surface area contributed by atoms with Crippen LogP contribution in [0.15, 0.2) is 29.6 Å².